The van der Waals surface area contributed by atoms with Crippen LogP contribution in [-0.2, 0) is 10.2 Å². The van der Waals surface area contributed by atoms with Crippen molar-refractivity contribution in [3.05, 3.63) is 22.8 Å². The van der Waals surface area contributed by atoms with Gasteiger partial charge in [-0.2, -0.15) is 8.42 Å². The highest BCUT2D eigenvalue weighted by molar-refractivity contribution is 9.10. The number of hydrogen-bond donors (Lipinski definition) is 2. The van der Waals surface area contributed by atoms with Gasteiger partial charge in [-0.3, -0.25) is 4.72 Å². The summed E-state index contributed by atoms with van der Waals surface area (Å²) < 4.78 is 23.7. The molecule has 1 aromatic heterocycles. The molecule has 0 fully saturated rings. The molecule has 1 aromatic rings. The van der Waals surface area contributed by atoms with E-state index in [1.165, 1.54) is 6.20 Å². The van der Waals surface area contributed by atoms with Gasteiger partial charge in [-0.05, 0) is 28.1 Å². The molecule has 3 N–H and O–H groups in total. The summed E-state index contributed by atoms with van der Waals surface area (Å²) in [5.74, 6) is 0.181. The molecule has 1 heterocycles. The van der Waals surface area contributed by atoms with Gasteiger partial charge in [0, 0.05) is 6.20 Å². The van der Waals surface area contributed by atoms with Crippen LogP contribution in [0, 0.1) is 0 Å². The first-order chi connectivity index (χ1) is 5.49. The Morgan fingerprint density at radius 3 is 2.75 bits per heavy atom. The second-order valence-corrected chi connectivity index (χ2v) is 4.13. The van der Waals surface area contributed by atoms with Crippen molar-refractivity contribution in [3.63, 3.8) is 0 Å². The first-order valence-electron chi connectivity index (χ1n) is 2.90. The molecule has 0 aliphatic heterocycles. The summed E-state index contributed by atoms with van der Waals surface area (Å²) in [7, 11) is -3.74. The van der Waals surface area contributed by atoms with E-state index in [1.807, 2.05) is 4.72 Å². The third-order valence-electron chi connectivity index (χ3n) is 0.997. The van der Waals surface area contributed by atoms with Gasteiger partial charge in [0.2, 0.25) is 0 Å². The minimum Gasteiger partial charge on any atom is -0.254 e. The maximum absolute atomic E-state index is 10.6. The van der Waals surface area contributed by atoms with Crippen LogP contribution in [0.4, 0.5) is 5.82 Å². The lowest BCUT2D eigenvalue weighted by Gasteiger charge is -2.02. The van der Waals surface area contributed by atoms with Gasteiger partial charge in [-0.25, -0.2) is 10.1 Å². The van der Waals surface area contributed by atoms with Crippen LogP contribution < -0.4 is 9.86 Å². The maximum atomic E-state index is 10.6. The molecule has 0 aromatic carbocycles. The molecular formula is C5H6BrN3O2S. The van der Waals surface area contributed by atoms with Crippen molar-refractivity contribution in [1.29, 1.82) is 0 Å². The topological polar surface area (TPSA) is 85.1 Å². The fourth-order valence-corrected chi connectivity index (χ4v) is 1.51. The Morgan fingerprint density at radius 2 is 2.25 bits per heavy atom. The molecule has 0 amide bonds. The Labute approximate surface area is 78.3 Å². The Kier molecular flexibility index (Phi) is 2.65. The van der Waals surface area contributed by atoms with Crippen molar-refractivity contribution in [3.8, 4) is 0 Å². The number of aromatic nitrogens is 1. The Morgan fingerprint density at radius 1 is 1.58 bits per heavy atom. The zero-order valence-electron chi connectivity index (χ0n) is 5.86. The number of nitrogens with two attached hydrogens (primary N) is 1. The largest absolute Gasteiger partial charge is 0.297 e. The molecule has 0 saturated carbocycles. The molecule has 0 spiro atoms. The molecule has 12 heavy (non-hydrogen) atoms. The van der Waals surface area contributed by atoms with E-state index in [-0.39, 0.29) is 5.82 Å². The van der Waals surface area contributed by atoms with E-state index in [1.54, 1.807) is 12.1 Å². The van der Waals surface area contributed by atoms with Crippen molar-refractivity contribution >= 4 is 32.0 Å². The van der Waals surface area contributed by atoms with Crippen molar-refractivity contribution in [2.45, 2.75) is 0 Å². The van der Waals surface area contributed by atoms with E-state index in [0.29, 0.717) is 4.47 Å². The van der Waals surface area contributed by atoms with Gasteiger partial charge in [0.25, 0.3) is 10.2 Å². The molecule has 0 bridgehead atoms. The smallest absolute Gasteiger partial charge is 0.254 e. The Balaban J connectivity index is 2.98. The van der Waals surface area contributed by atoms with Crippen LogP contribution in [0.15, 0.2) is 22.8 Å². The summed E-state index contributed by atoms with van der Waals surface area (Å²) in [6, 6.07) is 3.32. The van der Waals surface area contributed by atoms with E-state index in [0.717, 1.165) is 0 Å². The molecule has 66 valence electrons. The number of anilines is 1. The van der Waals surface area contributed by atoms with Crippen LogP contribution in [0.1, 0.15) is 0 Å². The fourth-order valence-electron chi connectivity index (χ4n) is 0.596. The van der Waals surface area contributed by atoms with Crippen LogP contribution in [0.5, 0.6) is 0 Å². The molecule has 0 saturated heterocycles. The van der Waals surface area contributed by atoms with Crippen molar-refractivity contribution < 1.29 is 8.42 Å². The lowest BCUT2D eigenvalue weighted by atomic mass is 10.5. The number of halogens is 1. The number of nitrogens with one attached hydrogen (secondary N) is 1. The molecular weight excluding hydrogens is 246 g/mol. The maximum Gasteiger partial charge on any atom is 0.297 e. The summed E-state index contributed by atoms with van der Waals surface area (Å²) in [5, 5.41) is 4.74. The number of pyridine rings is 1. The van der Waals surface area contributed by atoms with E-state index in [2.05, 4.69) is 20.9 Å². The lowest BCUT2D eigenvalue weighted by Crippen LogP contribution is -2.22. The van der Waals surface area contributed by atoms with Gasteiger partial charge in [0.05, 0.1) is 4.47 Å². The quantitative estimate of drug-likeness (QED) is 0.801. The lowest BCUT2D eigenvalue weighted by molar-refractivity contribution is 0.602. The summed E-state index contributed by atoms with van der Waals surface area (Å²) >= 11 is 3.10. The highest BCUT2D eigenvalue weighted by Gasteiger charge is 2.05. The van der Waals surface area contributed by atoms with E-state index >= 15 is 0 Å². The molecule has 0 aliphatic rings. The normalized spacial score (nSPS) is 11.2. The van der Waals surface area contributed by atoms with Crippen molar-refractivity contribution in [2.24, 2.45) is 5.14 Å². The number of rotatable bonds is 2. The van der Waals surface area contributed by atoms with E-state index in [4.69, 9.17) is 5.14 Å². The molecule has 0 unspecified atom stereocenters. The summed E-state index contributed by atoms with van der Waals surface area (Å²) in [4.78, 5) is 3.75. The number of hydrogen-bond acceptors (Lipinski definition) is 3. The highest BCUT2D eigenvalue weighted by atomic mass is 79.9. The average Bonchev–Trinajstić information content (AvgIpc) is 1.91. The van der Waals surface area contributed by atoms with Gasteiger partial charge in [0.15, 0.2) is 5.82 Å². The summed E-state index contributed by atoms with van der Waals surface area (Å²) in [6.45, 7) is 0. The third-order valence-corrected chi connectivity index (χ3v) is 2.12. The van der Waals surface area contributed by atoms with Gasteiger partial charge in [-0.1, -0.05) is 0 Å². The summed E-state index contributed by atoms with van der Waals surface area (Å²) in [6.07, 6.45) is 1.46. The molecule has 1 rings (SSSR count). The SMILES string of the molecule is NS(=O)(=O)Nc1ncccc1Br. The first kappa shape index (κ1) is 9.43. The standard InChI is InChI=1S/C5H6BrN3O2S/c6-4-2-1-3-8-5(4)9-12(7,10)11/h1-3H,(H,8,9)(H2,7,10,11). The van der Waals surface area contributed by atoms with E-state index < -0.39 is 10.2 Å². The van der Waals surface area contributed by atoms with Crippen LogP contribution in [0.25, 0.3) is 0 Å². The molecule has 7 heteroatoms. The van der Waals surface area contributed by atoms with Gasteiger partial charge < -0.3 is 0 Å². The van der Waals surface area contributed by atoms with E-state index in [9.17, 15) is 8.42 Å². The van der Waals surface area contributed by atoms with Crippen LogP contribution >= 0.6 is 15.9 Å². The van der Waals surface area contributed by atoms with Crippen molar-refractivity contribution in [2.75, 3.05) is 4.72 Å². The average molecular weight is 252 g/mol. The second kappa shape index (κ2) is 3.38. The Hall–Kier alpha value is -0.660. The number of nitrogens with zero attached hydrogens (tertiary/aromatic N) is 1. The predicted octanol–water partition coefficient (Wildman–Crippen LogP) is 0.459. The molecule has 0 atom stereocenters. The minimum absolute atomic E-state index is 0.181. The first-order valence-corrected chi connectivity index (χ1v) is 5.24. The second-order valence-electron chi connectivity index (χ2n) is 1.98. The van der Waals surface area contributed by atoms with Crippen molar-refractivity contribution in [1.82, 2.24) is 4.98 Å². The van der Waals surface area contributed by atoms with Crippen LogP contribution in [0.3, 0.4) is 0 Å². The minimum atomic E-state index is -3.74. The van der Waals surface area contributed by atoms with Crippen LogP contribution in [0.2, 0.25) is 0 Å². The monoisotopic (exact) mass is 251 g/mol. The molecule has 5 nitrogen and oxygen atoms in total. The predicted molar refractivity (Wildman–Crippen MR) is 48.7 cm³/mol. The fraction of sp³-hybridized carbons (Fsp3) is 0. The Bertz CT molecular complexity index is 378. The van der Waals surface area contributed by atoms with Gasteiger partial charge in [-0.15, -0.1) is 0 Å². The van der Waals surface area contributed by atoms with Gasteiger partial charge in [0.1, 0.15) is 0 Å². The highest BCUT2D eigenvalue weighted by Crippen LogP contribution is 2.18. The third kappa shape index (κ3) is 2.76. The van der Waals surface area contributed by atoms with Gasteiger partial charge >= 0.3 is 0 Å². The zero-order chi connectivity index (χ0) is 9.19. The molecule has 0 radical (unpaired) electrons. The molecule has 0 aliphatic carbocycles. The zero-order valence-corrected chi connectivity index (χ0v) is 8.26. The summed E-state index contributed by atoms with van der Waals surface area (Å²) in [5.41, 5.74) is 0. The van der Waals surface area contributed by atoms with Crippen LogP contribution in [-0.4, -0.2) is 13.4 Å².